The molecule has 0 bridgehead atoms. The summed E-state index contributed by atoms with van der Waals surface area (Å²) >= 11 is 3.18. The lowest BCUT2D eigenvalue weighted by molar-refractivity contribution is -0.121. The molecule has 0 saturated carbocycles. The number of hydrogen-bond donors (Lipinski definition) is 1. The van der Waals surface area contributed by atoms with Gasteiger partial charge in [0.1, 0.15) is 11.1 Å². The van der Waals surface area contributed by atoms with E-state index in [0.29, 0.717) is 0 Å². The zero-order chi connectivity index (χ0) is 8.27. The van der Waals surface area contributed by atoms with Crippen LogP contribution in [0.1, 0.15) is 0 Å². The second-order valence-electron chi connectivity index (χ2n) is 2.01. The predicted molar refractivity (Wildman–Crippen MR) is 44.0 cm³/mol. The molecule has 4 nitrogen and oxygen atoms in total. The molecule has 11 heavy (non-hydrogen) atoms. The quantitative estimate of drug-likeness (QED) is 0.780. The van der Waals surface area contributed by atoms with Gasteiger partial charge in [-0.2, -0.15) is 5.10 Å². The Hall–Kier alpha value is -0.840. The first-order chi connectivity index (χ1) is 5.22. The molecule has 1 amide bonds. The molecule has 0 fully saturated rings. The number of hydrogen-bond acceptors (Lipinski definition) is 2. The largest absolute Gasteiger partial charge is 0.358 e. The highest BCUT2D eigenvalue weighted by atomic mass is 79.9. The van der Waals surface area contributed by atoms with Crippen LogP contribution in [0.4, 0.5) is 0 Å². The first-order valence-electron chi connectivity index (χ1n) is 3.12. The lowest BCUT2D eigenvalue weighted by Crippen LogP contribution is -2.23. The molecule has 0 spiro atoms. The molecule has 0 saturated heterocycles. The summed E-state index contributed by atoms with van der Waals surface area (Å²) in [6.07, 6.45) is 1.74. The minimum atomic E-state index is -0.0550. The van der Waals surface area contributed by atoms with Crippen LogP contribution < -0.4 is 5.32 Å². The summed E-state index contributed by atoms with van der Waals surface area (Å²) in [5.74, 6) is -0.0550. The van der Waals surface area contributed by atoms with E-state index >= 15 is 0 Å². The van der Waals surface area contributed by atoms with E-state index in [-0.39, 0.29) is 12.5 Å². The van der Waals surface area contributed by atoms with E-state index in [1.807, 2.05) is 0 Å². The normalized spacial score (nSPS) is 9.64. The van der Waals surface area contributed by atoms with E-state index < -0.39 is 0 Å². The minimum absolute atomic E-state index is 0.0550. The van der Waals surface area contributed by atoms with Crippen molar-refractivity contribution in [3.05, 3.63) is 16.9 Å². The average molecular weight is 218 g/mol. The molecule has 0 atom stereocenters. The summed E-state index contributed by atoms with van der Waals surface area (Å²) < 4.78 is 2.30. The Morgan fingerprint density at radius 1 is 1.91 bits per heavy atom. The van der Waals surface area contributed by atoms with Gasteiger partial charge in [0.2, 0.25) is 5.91 Å². The van der Waals surface area contributed by atoms with Crippen molar-refractivity contribution >= 4 is 21.8 Å². The molecule has 5 heteroatoms. The first-order valence-corrected chi connectivity index (χ1v) is 3.91. The van der Waals surface area contributed by atoms with Crippen molar-refractivity contribution in [1.29, 1.82) is 0 Å². The van der Waals surface area contributed by atoms with Gasteiger partial charge in [-0.25, -0.2) is 0 Å². The maximum atomic E-state index is 10.8. The number of amides is 1. The maximum Gasteiger partial charge on any atom is 0.241 e. The Labute approximate surface area is 72.7 Å². The fourth-order valence-corrected chi connectivity index (χ4v) is 0.973. The van der Waals surface area contributed by atoms with Crippen LogP contribution in [-0.4, -0.2) is 22.7 Å². The van der Waals surface area contributed by atoms with Crippen molar-refractivity contribution in [2.24, 2.45) is 0 Å². The third-order valence-corrected chi connectivity index (χ3v) is 1.62. The molecule has 0 aliphatic carbocycles. The Morgan fingerprint density at radius 3 is 3.09 bits per heavy atom. The van der Waals surface area contributed by atoms with E-state index in [1.165, 1.54) is 0 Å². The van der Waals surface area contributed by atoms with Crippen LogP contribution in [0.3, 0.4) is 0 Å². The molecule has 0 aliphatic heterocycles. The highest BCUT2D eigenvalue weighted by Gasteiger charge is 1.99. The molecule has 1 aromatic rings. The first kappa shape index (κ1) is 8.26. The second-order valence-corrected chi connectivity index (χ2v) is 2.82. The Morgan fingerprint density at radius 2 is 2.64 bits per heavy atom. The van der Waals surface area contributed by atoms with Crippen molar-refractivity contribution in [3.63, 3.8) is 0 Å². The molecule has 0 unspecified atom stereocenters. The van der Waals surface area contributed by atoms with Gasteiger partial charge in [-0.15, -0.1) is 0 Å². The van der Waals surface area contributed by atoms with Crippen LogP contribution in [0.25, 0.3) is 0 Å². The van der Waals surface area contributed by atoms with Gasteiger partial charge >= 0.3 is 0 Å². The van der Waals surface area contributed by atoms with Crippen LogP contribution in [0.5, 0.6) is 0 Å². The summed E-state index contributed by atoms with van der Waals surface area (Å²) in [6, 6.07) is 1.78. The second kappa shape index (κ2) is 3.52. The molecule has 60 valence electrons. The molecular weight excluding hydrogens is 210 g/mol. The van der Waals surface area contributed by atoms with Crippen molar-refractivity contribution in [3.8, 4) is 0 Å². The number of carbonyl (C=O) groups is 1. The summed E-state index contributed by atoms with van der Waals surface area (Å²) in [4.78, 5) is 10.8. The number of likely N-dealkylation sites (N-methyl/N-ethyl adjacent to an activating group) is 1. The number of carbonyl (C=O) groups excluding carboxylic acids is 1. The maximum absolute atomic E-state index is 10.8. The van der Waals surface area contributed by atoms with Gasteiger partial charge < -0.3 is 5.32 Å². The van der Waals surface area contributed by atoms with Gasteiger partial charge in [-0.3, -0.25) is 9.48 Å². The fourth-order valence-electron chi connectivity index (χ4n) is 0.651. The summed E-state index contributed by atoms with van der Waals surface area (Å²) in [5.41, 5.74) is 0. The van der Waals surface area contributed by atoms with Crippen LogP contribution >= 0.6 is 15.9 Å². The van der Waals surface area contributed by atoms with Gasteiger partial charge in [0.05, 0.1) is 0 Å². The van der Waals surface area contributed by atoms with E-state index in [0.717, 1.165) is 4.60 Å². The van der Waals surface area contributed by atoms with Gasteiger partial charge in [-0.1, -0.05) is 0 Å². The molecule has 0 aromatic carbocycles. The summed E-state index contributed by atoms with van der Waals surface area (Å²) in [5, 5.41) is 6.48. The van der Waals surface area contributed by atoms with Crippen molar-refractivity contribution in [2.45, 2.75) is 6.54 Å². The zero-order valence-corrected chi connectivity index (χ0v) is 7.63. The van der Waals surface area contributed by atoms with Crippen LogP contribution in [0.15, 0.2) is 16.9 Å². The predicted octanol–water partition coefficient (Wildman–Crippen LogP) is 0.392. The molecule has 1 N–H and O–H groups in total. The summed E-state index contributed by atoms with van der Waals surface area (Å²) in [7, 11) is 1.60. The van der Waals surface area contributed by atoms with Gasteiger partial charge in [0.15, 0.2) is 0 Å². The Kier molecular flexibility index (Phi) is 2.64. The van der Waals surface area contributed by atoms with E-state index in [2.05, 4.69) is 26.3 Å². The SMILES string of the molecule is CNC(=O)Cn1ccc(Br)n1. The molecule has 0 radical (unpaired) electrons. The number of rotatable bonds is 2. The molecule has 1 aromatic heterocycles. The van der Waals surface area contributed by atoms with Crippen LogP contribution in [0.2, 0.25) is 0 Å². The number of halogens is 1. The van der Waals surface area contributed by atoms with Crippen molar-refractivity contribution in [2.75, 3.05) is 7.05 Å². The lowest BCUT2D eigenvalue weighted by Gasteiger charge is -1.97. The van der Waals surface area contributed by atoms with Gasteiger partial charge in [0.25, 0.3) is 0 Å². The summed E-state index contributed by atoms with van der Waals surface area (Å²) in [6.45, 7) is 0.266. The molecule has 1 heterocycles. The smallest absolute Gasteiger partial charge is 0.241 e. The van der Waals surface area contributed by atoms with Crippen LogP contribution in [-0.2, 0) is 11.3 Å². The monoisotopic (exact) mass is 217 g/mol. The third kappa shape index (κ3) is 2.34. The standard InChI is InChI=1S/C6H8BrN3O/c1-8-6(11)4-10-3-2-5(7)9-10/h2-3H,4H2,1H3,(H,8,11). The van der Waals surface area contributed by atoms with Crippen molar-refractivity contribution in [1.82, 2.24) is 15.1 Å². The highest BCUT2D eigenvalue weighted by molar-refractivity contribution is 9.10. The number of nitrogens with one attached hydrogen (secondary N) is 1. The van der Waals surface area contributed by atoms with Gasteiger partial charge in [-0.05, 0) is 22.0 Å². The Bertz CT molecular complexity index is 258. The van der Waals surface area contributed by atoms with Crippen LogP contribution in [0, 0.1) is 0 Å². The lowest BCUT2D eigenvalue weighted by atomic mass is 10.6. The highest BCUT2D eigenvalue weighted by Crippen LogP contribution is 2.03. The van der Waals surface area contributed by atoms with Crippen molar-refractivity contribution < 1.29 is 4.79 Å². The fraction of sp³-hybridized carbons (Fsp3) is 0.333. The van der Waals surface area contributed by atoms with E-state index in [4.69, 9.17) is 0 Å². The number of nitrogens with zero attached hydrogens (tertiary/aromatic N) is 2. The topological polar surface area (TPSA) is 46.9 Å². The Balaban J connectivity index is 2.57. The molecule has 0 aliphatic rings. The zero-order valence-electron chi connectivity index (χ0n) is 6.04. The minimum Gasteiger partial charge on any atom is -0.358 e. The molecule has 1 rings (SSSR count). The van der Waals surface area contributed by atoms with Gasteiger partial charge in [0, 0.05) is 13.2 Å². The third-order valence-electron chi connectivity index (χ3n) is 1.19. The number of aromatic nitrogens is 2. The van der Waals surface area contributed by atoms with E-state index in [1.54, 1.807) is 24.0 Å². The average Bonchev–Trinajstić information content (AvgIpc) is 2.35. The van der Waals surface area contributed by atoms with E-state index in [9.17, 15) is 4.79 Å². The molecular formula is C6H8BrN3O.